The number of nitrogens with two attached hydrogens (primary N) is 1. The topological polar surface area (TPSA) is 98.9 Å². The first kappa shape index (κ1) is 17.8. The molecule has 0 spiro atoms. The molecule has 1 aromatic heterocycles. The standard InChI is InChI=1S/C21H20N6OS/c22-20-24-19(15-11-23-16-7-3-2-6-14(15)16)25-21(26-20)29-12-18(28)27-10-9-13-5-1-4-8-17(13)27/h1-8,11,19,23H,9-10,12H2,(H3,22,24,25,26)/t19-/m1/s1. The Bertz CT molecular complexity index is 1150. The Hall–Kier alpha value is -3.26. The van der Waals surface area contributed by atoms with Gasteiger partial charge in [-0.25, -0.2) is 9.98 Å². The molecule has 29 heavy (non-hydrogen) atoms. The molecule has 1 atom stereocenters. The molecule has 5 rings (SSSR count). The molecule has 2 aliphatic rings. The quantitative estimate of drug-likeness (QED) is 0.625. The summed E-state index contributed by atoms with van der Waals surface area (Å²) in [5.41, 5.74) is 10.2. The number of aromatic nitrogens is 1. The zero-order chi connectivity index (χ0) is 19.8. The van der Waals surface area contributed by atoms with Gasteiger partial charge in [0.1, 0.15) is 0 Å². The molecule has 2 aliphatic heterocycles. The minimum atomic E-state index is -0.433. The number of nitrogens with zero attached hydrogens (tertiary/aromatic N) is 3. The van der Waals surface area contributed by atoms with E-state index in [0.717, 1.165) is 35.1 Å². The minimum Gasteiger partial charge on any atom is -0.370 e. The number of aliphatic imine (C=N–C) groups is 2. The average molecular weight is 404 g/mol. The van der Waals surface area contributed by atoms with Gasteiger partial charge in [0.2, 0.25) is 5.91 Å². The summed E-state index contributed by atoms with van der Waals surface area (Å²) in [6, 6.07) is 16.1. The first-order valence-corrected chi connectivity index (χ1v) is 10.4. The lowest BCUT2D eigenvalue weighted by atomic mass is 10.1. The molecule has 0 bridgehead atoms. The maximum Gasteiger partial charge on any atom is 0.237 e. The Balaban J connectivity index is 1.32. The summed E-state index contributed by atoms with van der Waals surface area (Å²) in [6.07, 6.45) is 2.38. The minimum absolute atomic E-state index is 0.0641. The predicted molar refractivity (Wildman–Crippen MR) is 118 cm³/mol. The van der Waals surface area contributed by atoms with Gasteiger partial charge in [-0.15, -0.1) is 0 Å². The fraction of sp³-hybridized carbons (Fsp3) is 0.190. The van der Waals surface area contributed by atoms with Crippen LogP contribution in [0.3, 0.4) is 0 Å². The molecule has 0 aliphatic carbocycles. The number of anilines is 1. The normalized spacial score (nSPS) is 18.2. The number of guanidine groups is 1. The van der Waals surface area contributed by atoms with Gasteiger partial charge >= 0.3 is 0 Å². The molecule has 0 fully saturated rings. The average Bonchev–Trinajstić information content (AvgIpc) is 3.36. The van der Waals surface area contributed by atoms with Crippen molar-refractivity contribution in [1.29, 1.82) is 0 Å². The highest BCUT2D eigenvalue weighted by atomic mass is 32.2. The Morgan fingerprint density at radius 3 is 2.93 bits per heavy atom. The largest absolute Gasteiger partial charge is 0.370 e. The van der Waals surface area contributed by atoms with Crippen molar-refractivity contribution in [2.24, 2.45) is 15.7 Å². The van der Waals surface area contributed by atoms with Crippen LogP contribution in [0.5, 0.6) is 0 Å². The third-order valence-electron chi connectivity index (χ3n) is 5.16. The Morgan fingerprint density at radius 1 is 1.17 bits per heavy atom. The number of hydrogen-bond donors (Lipinski definition) is 3. The summed E-state index contributed by atoms with van der Waals surface area (Å²) < 4.78 is 0. The molecule has 2 aromatic carbocycles. The van der Waals surface area contributed by atoms with Crippen molar-refractivity contribution in [2.75, 3.05) is 17.2 Å². The Morgan fingerprint density at radius 2 is 2.00 bits per heavy atom. The number of thioether (sulfide) groups is 1. The van der Waals surface area contributed by atoms with Gasteiger partial charge in [-0.1, -0.05) is 48.2 Å². The zero-order valence-electron chi connectivity index (χ0n) is 15.6. The van der Waals surface area contributed by atoms with Gasteiger partial charge in [0.05, 0.1) is 5.75 Å². The zero-order valence-corrected chi connectivity index (χ0v) is 16.4. The summed E-state index contributed by atoms with van der Waals surface area (Å²) in [4.78, 5) is 27.0. The van der Waals surface area contributed by atoms with Crippen molar-refractivity contribution in [2.45, 2.75) is 12.6 Å². The number of rotatable bonds is 3. The SMILES string of the molecule is NC1=N[C@@H](c2c[nH]c3ccccc23)N=C(SCC(=O)N2CCc3ccccc32)N1. The predicted octanol–water partition coefficient (Wildman–Crippen LogP) is 2.76. The smallest absolute Gasteiger partial charge is 0.237 e. The molecule has 4 N–H and O–H groups in total. The number of fused-ring (bicyclic) bond motifs is 2. The maximum atomic E-state index is 12.8. The van der Waals surface area contributed by atoms with Gasteiger partial charge < -0.3 is 20.9 Å². The summed E-state index contributed by atoms with van der Waals surface area (Å²) in [7, 11) is 0. The molecular weight excluding hydrogens is 384 g/mol. The molecule has 0 radical (unpaired) electrons. The lowest BCUT2D eigenvalue weighted by Crippen LogP contribution is -2.39. The number of nitrogens with one attached hydrogen (secondary N) is 2. The van der Waals surface area contributed by atoms with Gasteiger partial charge in [-0.05, 0) is 24.1 Å². The Kier molecular flexibility index (Phi) is 4.48. The highest BCUT2D eigenvalue weighted by Crippen LogP contribution is 2.30. The summed E-state index contributed by atoms with van der Waals surface area (Å²) >= 11 is 1.35. The van der Waals surface area contributed by atoms with Crippen LogP contribution in [0.25, 0.3) is 10.9 Å². The van der Waals surface area contributed by atoms with Crippen LogP contribution in [0.1, 0.15) is 17.3 Å². The first-order valence-electron chi connectivity index (χ1n) is 9.44. The van der Waals surface area contributed by atoms with Crippen molar-refractivity contribution < 1.29 is 4.79 Å². The van der Waals surface area contributed by atoms with E-state index in [4.69, 9.17) is 5.73 Å². The van der Waals surface area contributed by atoms with E-state index in [1.165, 1.54) is 17.3 Å². The highest BCUT2D eigenvalue weighted by molar-refractivity contribution is 8.14. The van der Waals surface area contributed by atoms with Crippen LogP contribution in [0, 0.1) is 0 Å². The number of carbonyl (C=O) groups excluding carboxylic acids is 1. The number of amides is 1. The molecule has 0 saturated carbocycles. The lowest BCUT2D eigenvalue weighted by molar-refractivity contribution is -0.116. The van der Waals surface area contributed by atoms with Crippen LogP contribution in [-0.2, 0) is 11.2 Å². The molecule has 0 saturated heterocycles. The number of para-hydroxylation sites is 2. The van der Waals surface area contributed by atoms with E-state index in [0.29, 0.717) is 11.1 Å². The van der Waals surface area contributed by atoms with E-state index in [-0.39, 0.29) is 11.7 Å². The molecule has 8 heteroatoms. The maximum absolute atomic E-state index is 12.8. The van der Waals surface area contributed by atoms with E-state index in [1.54, 1.807) is 0 Å². The van der Waals surface area contributed by atoms with Crippen LogP contribution in [-0.4, -0.2) is 34.3 Å². The van der Waals surface area contributed by atoms with E-state index in [9.17, 15) is 4.79 Å². The second-order valence-electron chi connectivity index (χ2n) is 6.95. The molecule has 146 valence electrons. The first-order chi connectivity index (χ1) is 14.2. The molecular formula is C21H20N6OS. The van der Waals surface area contributed by atoms with Gasteiger partial charge in [-0.3, -0.25) is 4.79 Å². The lowest BCUT2D eigenvalue weighted by Gasteiger charge is -2.20. The van der Waals surface area contributed by atoms with Crippen molar-refractivity contribution in [1.82, 2.24) is 10.3 Å². The van der Waals surface area contributed by atoms with Gasteiger partial charge in [0.25, 0.3) is 0 Å². The molecule has 3 heterocycles. The number of benzene rings is 2. The molecule has 0 unspecified atom stereocenters. The third kappa shape index (κ3) is 3.36. The van der Waals surface area contributed by atoms with E-state index >= 15 is 0 Å². The van der Waals surface area contributed by atoms with Crippen LogP contribution in [0.15, 0.2) is 64.7 Å². The highest BCUT2D eigenvalue weighted by Gasteiger charge is 2.25. The van der Waals surface area contributed by atoms with Crippen LogP contribution >= 0.6 is 11.8 Å². The number of aromatic amines is 1. The van der Waals surface area contributed by atoms with E-state index in [1.807, 2.05) is 53.6 Å². The van der Waals surface area contributed by atoms with Crippen molar-refractivity contribution in [3.05, 3.63) is 65.9 Å². The van der Waals surface area contributed by atoms with Crippen LogP contribution < -0.4 is 16.0 Å². The van der Waals surface area contributed by atoms with Gasteiger partial charge in [-0.2, -0.15) is 0 Å². The molecule has 7 nitrogen and oxygen atoms in total. The van der Waals surface area contributed by atoms with E-state index < -0.39 is 6.17 Å². The van der Waals surface area contributed by atoms with Crippen molar-refractivity contribution in [3.8, 4) is 0 Å². The van der Waals surface area contributed by atoms with Gasteiger partial charge in [0.15, 0.2) is 17.3 Å². The second kappa shape index (κ2) is 7.29. The summed E-state index contributed by atoms with van der Waals surface area (Å²) in [5, 5.41) is 4.65. The van der Waals surface area contributed by atoms with E-state index in [2.05, 4.69) is 26.4 Å². The Labute approximate surface area is 172 Å². The monoisotopic (exact) mass is 404 g/mol. The van der Waals surface area contributed by atoms with Crippen molar-refractivity contribution in [3.63, 3.8) is 0 Å². The molecule has 1 amide bonds. The number of amidine groups is 1. The number of hydrogen-bond acceptors (Lipinski definition) is 6. The number of carbonyl (C=O) groups is 1. The second-order valence-corrected chi connectivity index (χ2v) is 7.91. The summed E-state index contributed by atoms with van der Waals surface area (Å²) in [6.45, 7) is 0.722. The fourth-order valence-corrected chi connectivity index (χ4v) is 4.54. The van der Waals surface area contributed by atoms with Gasteiger partial charge in [0, 0.05) is 34.9 Å². The number of H-pyrrole nitrogens is 1. The van der Waals surface area contributed by atoms with Crippen LogP contribution in [0.2, 0.25) is 0 Å². The molecule has 3 aromatic rings. The fourth-order valence-electron chi connectivity index (χ4n) is 3.77. The summed E-state index contributed by atoms with van der Waals surface area (Å²) in [5.74, 6) is 0.652. The third-order valence-corrected chi connectivity index (χ3v) is 6.03. The van der Waals surface area contributed by atoms with Crippen molar-refractivity contribution >= 4 is 45.4 Å². The van der Waals surface area contributed by atoms with Crippen LogP contribution in [0.4, 0.5) is 5.69 Å².